The molecule has 1 N–H and O–H groups in total. The van der Waals surface area contributed by atoms with E-state index in [0.717, 1.165) is 28.1 Å². The summed E-state index contributed by atoms with van der Waals surface area (Å²) in [7, 11) is 1.44. The number of hydrogen-bond donors (Lipinski definition) is 1. The van der Waals surface area contributed by atoms with Crippen LogP contribution in [0.25, 0.3) is 16.8 Å². The van der Waals surface area contributed by atoms with Crippen LogP contribution >= 0.6 is 0 Å². The Balaban J connectivity index is 2.11. The summed E-state index contributed by atoms with van der Waals surface area (Å²) in [6, 6.07) is 11.9. The molecule has 0 amide bonds. The topological polar surface area (TPSA) is 47.6 Å². The summed E-state index contributed by atoms with van der Waals surface area (Å²) in [6.45, 7) is 8.77. The first-order valence-electron chi connectivity index (χ1n) is 8.97. The zero-order valence-electron chi connectivity index (χ0n) is 16.1. The molecule has 26 heavy (non-hydrogen) atoms. The van der Waals surface area contributed by atoms with Gasteiger partial charge in [0.25, 0.3) is 0 Å². The molecule has 1 heterocycles. The summed E-state index contributed by atoms with van der Waals surface area (Å²) < 4.78 is 12.4. The van der Waals surface area contributed by atoms with Gasteiger partial charge in [-0.25, -0.2) is 0 Å². The van der Waals surface area contributed by atoms with E-state index < -0.39 is 18.3 Å². The Morgan fingerprint density at radius 2 is 1.73 bits per heavy atom. The van der Waals surface area contributed by atoms with Gasteiger partial charge in [0.15, 0.2) is 6.29 Å². The SMILES string of the molecule is CNCC(=Cc1c(C=O)ccc2ccccc12)B1OC(C)(C)C(C)(C)O1. The Hall–Kier alpha value is -1.95. The molecule has 0 atom stereocenters. The molecule has 0 aromatic heterocycles. The van der Waals surface area contributed by atoms with E-state index in [1.807, 2.05) is 77.2 Å². The highest BCUT2D eigenvalue weighted by atomic mass is 16.7. The molecule has 1 aliphatic heterocycles. The van der Waals surface area contributed by atoms with Crippen molar-refractivity contribution in [3.8, 4) is 0 Å². The minimum atomic E-state index is -0.453. The molecule has 2 aromatic carbocycles. The number of rotatable bonds is 5. The van der Waals surface area contributed by atoms with Crippen molar-refractivity contribution in [2.45, 2.75) is 38.9 Å². The van der Waals surface area contributed by atoms with E-state index in [1.165, 1.54) is 0 Å². The van der Waals surface area contributed by atoms with Crippen molar-refractivity contribution in [2.24, 2.45) is 0 Å². The molecule has 0 spiro atoms. The van der Waals surface area contributed by atoms with Crippen molar-refractivity contribution in [3.63, 3.8) is 0 Å². The molecular weight excluding hydrogens is 325 g/mol. The maximum Gasteiger partial charge on any atom is 0.491 e. The zero-order valence-corrected chi connectivity index (χ0v) is 16.1. The third kappa shape index (κ3) is 3.35. The van der Waals surface area contributed by atoms with Gasteiger partial charge in [-0.15, -0.1) is 0 Å². The predicted octanol–water partition coefficient (Wildman–Crippen LogP) is 3.89. The lowest BCUT2D eigenvalue weighted by atomic mass is 9.76. The number of benzene rings is 2. The summed E-state index contributed by atoms with van der Waals surface area (Å²) in [6.07, 6.45) is 2.93. The van der Waals surface area contributed by atoms with Crippen LogP contribution in [0.1, 0.15) is 43.6 Å². The molecule has 3 rings (SSSR count). The van der Waals surface area contributed by atoms with E-state index in [0.29, 0.717) is 12.1 Å². The lowest BCUT2D eigenvalue weighted by Gasteiger charge is -2.32. The van der Waals surface area contributed by atoms with Crippen molar-refractivity contribution in [3.05, 3.63) is 53.0 Å². The van der Waals surface area contributed by atoms with Gasteiger partial charge in [0.1, 0.15) is 0 Å². The van der Waals surface area contributed by atoms with Crippen LogP contribution in [0.5, 0.6) is 0 Å². The van der Waals surface area contributed by atoms with Gasteiger partial charge >= 0.3 is 7.12 Å². The number of nitrogens with one attached hydrogen (secondary N) is 1. The van der Waals surface area contributed by atoms with Gasteiger partial charge in [0, 0.05) is 12.1 Å². The quantitative estimate of drug-likeness (QED) is 0.656. The van der Waals surface area contributed by atoms with Crippen molar-refractivity contribution < 1.29 is 14.1 Å². The van der Waals surface area contributed by atoms with Gasteiger partial charge in [-0.2, -0.15) is 0 Å². The number of carbonyl (C=O) groups excluding carboxylic acids is 1. The van der Waals surface area contributed by atoms with E-state index in [1.54, 1.807) is 0 Å². The highest BCUT2D eigenvalue weighted by molar-refractivity contribution is 6.56. The molecule has 0 saturated carbocycles. The summed E-state index contributed by atoms with van der Waals surface area (Å²) in [5, 5.41) is 5.33. The van der Waals surface area contributed by atoms with Crippen LogP contribution in [0, 0.1) is 0 Å². The molecule has 0 radical (unpaired) electrons. The molecule has 0 aliphatic carbocycles. The normalized spacial score (nSPS) is 19.1. The Morgan fingerprint density at radius 3 is 2.35 bits per heavy atom. The second-order valence-corrected chi connectivity index (χ2v) is 7.75. The van der Waals surface area contributed by atoms with Gasteiger partial charge in [-0.1, -0.05) is 42.5 Å². The molecule has 1 fully saturated rings. The fraction of sp³-hybridized carbons (Fsp3) is 0.381. The summed E-state index contributed by atoms with van der Waals surface area (Å²) in [5.74, 6) is 0. The average molecular weight is 351 g/mol. The van der Waals surface area contributed by atoms with Crippen molar-refractivity contribution in [1.29, 1.82) is 0 Å². The number of likely N-dealkylation sites (N-methyl/N-ethyl adjacent to an activating group) is 1. The molecule has 0 bridgehead atoms. The van der Waals surface area contributed by atoms with E-state index in [-0.39, 0.29) is 0 Å². The van der Waals surface area contributed by atoms with E-state index in [9.17, 15) is 4.79 Å². The fourth-order valence-corrected chi connectivity index (χ4v) is 3.16. The van der Waals surface area contributed by atoms with E-state index in [2.05, 4.69) is 5.32 Å². The minimum absolute atomic E-state index is 0.406. The monoisotopic (exact) mass is 351 g/mol. The maximum atomic E-state index is 11.6. The number of fused-ring (bicyclic) bond motifs is 1. The highest BCUT2D eigenvalue weighted by Gasteiger charge is 2.52. The van der Waals surface area contributed by atoms with Crippen LogP contribution in [0.2, 0.25) is 0 Å². The van der Waals surface area contributed by atoms with Gasteiger partial charge < -0.3 is 14.6 Å². The Kier molecular flexibility index (Phi) is 5.06. The Bertz CT molecular complexity index is 841. The predicted molar refractivity (Wildman–Crippen MR) is 107 cm³/mol. The third-order valence-corrected chi connectivity index (χ3v) is 5.40. The molecule has 1 aliphatic rings. The second kappa shape index (κ2) is 6.99. The average Bonchev–Trinajstić information content (AvgIpc) is 2.82. The van der Waals surface area contributed by atoms with E-state index >= 15 is 0 Å². The number of hydrogen-bond acceptors (Lipinski definition) is 4. The lowest BCUT2D eigenvalue weighted by molar-refractivity contribution is 0.00578. The smallest absolute Gasteiger partial charge is 0.400 e. The molecule has 0 unspecified atom stereocenters. The van der Waals surface area contributed by atoms with Crippen LogP contribution < -0.4 is 5.32 Å². The van der Waals surface area contributed by atoms with E-state index in [4.69, 9.17) is 9.31 Å². The van der Waals surface area contributed by atoms with Gasteiger partial charge in [-0.3, -0.25) is 4.79 Å². The van der Waals surface area contributed by atoms with Crippen molar-refractivity contribution >= 4 is 30.3 Å². The fourth-order valence-electron chi connectivity index (χ4n) is 3.16. The van der Waals surface area contributed by atoms with Gasteiger partial charge in [0.2, 0.25) is 0 Å². The molecule has 1 saturated heterocycles. The minimum Gasteiger partial charge on any atom is -0.400 e. The van der Waals surface area contributed by atoms with Crippen LogP contribution in [0.15, 0.2) is 41.9 Å². The molecule has 5 heteroatoms. The highest BCUT2D eigenvalue weighted by Crippen LogP contribution is 2.39. The standard InChI is InChI=1S/C21H26BNO3/c1-20(2)21(3,4)26-22(25-20)17(13-23-5)12-19-16(14-24)11-10-15-8-6-7-9-18(15)19/h6-12,14,23H,13H2,1-5H3. The molecule has 2 aromatic rings. The number of carbonyl (C=O) groups is 1. The zero-order chi connectivity index (χ0) is 18.9. The maximum absolute atomic E-state index is 11.6. The second-order valence-electron chi connectivity index (χ2n) is 7.75. The summed E-state index contributed by atoms with van der Waals surface area (Å²) in [5.41, 5.74) is 1.71. The first kappa shape index (κ1) is 18.8. The van der Waals surface area contributed by atoms with Crippen LogP contribution in [-0.2, 0) is 9.31 Å². The van der Waals surface area contributed by atoms with Crippen molar-refractivity contribution in [2.75, 3.05) is 13.6 Å². The molecule has 136 valence electrons. The first-order valence-corrected chi connectivity index (χ1v) is 8.97. The molecular formula is C21H26BNO3. The third-order valence-electron chi connectivity index (χ3n) is 5.40. The summed E-state index contributed by atoms with van der Waals surface area (Å²) in [4.78, 5) is 11.6. The Labute approximate surface area is 155 Å². The van der Waals surface area contributed by atoms with Crippen molar-refractivity contribution in [1.82, 2.24) is 5.32 Å². The lowest BCUT2D eigenvalue weighted by Crippen LogP contribution is -2.41. The summed E-state index contributed by atoms with van der Waals surface area (Å²) >= 11 is 0. The van der Waals surface area contributed by atoms with Crippen LogP contribution in [0.4, 0.5) is 0 Å². The van der Waals surface area contributed by atoms with Crippen LogP contribution in [0.3, 0.4) is 0 Å². The Morgan fingerprint density at radius 1 is 1.08 bits per heavy atom. The number of aldehydes is 1. The first-order chi connectivity index (χ1) is 12.3. The van der Waals surface area contributed by atoms with Gasteiger partial charge in [-0.05, 0) is 56.6 Å². The van der Waals surface area contributed by atoms with Gasteiger partial charge in [0.05, 0.1) is 11.2 Å². The van der Waals surface area contributed by atoms with Crippen LogP contribution in [-0.4, -0.2) is 38.2 Å². The molecule has 4 nitrogen and oxygen atoms in total. The largest absolute Gasteiger partial charge is 0.491 e.